The van der Waals surface area contributed by atoms with E-state index < -0.39 is 0 Å². The van der Waals surface area contributed by atoms with Gasteiger partial charge in [0, 0.05) is 43.2 Å². The van der Waals surface area contributed by atoms with Crippen molar-refractivity contribution in [3.8, 4) is 0 Å². The summed E-state index contributed by atoms with van der Waals surface area (Å²) in [7, 11) is 0. The molecule has 8 nitrogen and oxygen atoms in total. The summed E-state index contributed by atoms with van der Waals surface area (Å²) in [4.78, 5) is 27.4. The number of piperidine rings is 1. The van der Waals surface area contributed by atoms with Crippen molar-refractivity contribution < 1.29 is 0 Å². The minimum Gasteiger partial charge on any atom is -0.310 e. The van der Waals surface area contributed by atoms with Gasteiger partial charge in [-0.2, -0.15) is 0 Å². The average Bonchev–Trinajstić information content (AvgIpc) is 3.43. The van der Waals surface area contributed by atoms with E-state index in [2.05, 4.69) is 38.0 Å². The van der Waals surface area contributed by atoms with E-state index in [0.29, 0.717) is 12.6 Å². The van der Waals surface area contributed by atoms with E-state index in [0.717, 1.165) is 60.3 Å². The Morgan fingerprint density at radius 1 is 1.03 bits per heavy atom. The molecule has 1 aromatic carbocycles. The Morgan fingerprint density at radius 3 is 2.64 bits per heavy atom. The molecule has 0 saturated carbocycles. The number of pyridine rings is 2. The van der Waals surface area contributed by atoms with E-state index in [1.165, 1.54) is 17.1 Å². The van der Waals surface area contributed by atoms with Crippen molar-refractivity contribution in [1.29, 1.82) is 0 Å². The van der Waals surface area contributed by atoms with Crippen LogP contribution >= 0.6 is 23.9 Å². The second kappa shape index (κ2) is 8.98. The number of hydrogen-bond donors (Lipinski definition) is 1. The minimum atomic E-state index is -0.0334. The van der Waals surface area contributed by atoms with Crippen molar-refractivity contribution in [3.63, 3.8) is 0 Å². The van der Waals surface area contributed by atoms with Crippen LogP contribution in [-0.4, -0.2) is 49.3 Å². The third-order valence-corrected chi connectivity index (χ3v) is 7.48. The number of rotatable bonds is 5. The largest absolute Gasteiger partial charge is 0.310 e. The smallest absolute Gasteiger partial charge is 0.252 e. The number of hydrogen-bond acceptors (Lipinski definition) is 7. The molecule has 33 heavy (non-hydrogen) atoms. The molecule has 10 heteroatoms. The Morgan fingerprint density at radius 2 is 1.82 bits per heavy atom. The number of fused-ring (bicyclic) bond motifs is 1. The molecule has 0 bridgehead atoms. The van der Waals surface area contributed by atoms with Gasteiger partial charge in [-0.25, -0.2) is 0 Å². The van der Waals surface area contributed by atoms with Crippen molar-refractivity contribution in [2.75, 3.05) is 19.6 Å². The van der Waals surface area contributed by atoms with Crippen molar-refractivity contribution in [3.05, 3.63) is 68.7 Å². The van der Waals surface area contributed by atoms with Gasteiger partial charge in [-0.1, -0.05) is 10.6 Å². The summed E-state index contributed by atoms with van der Waals surface area (Å²) in [6.45, 7) is 4.16. The van der Waals surface area contributed by atoms with Gasteiger partial charge in [0.05, 0.1) is 10.7 Å². The molecule has 0 unspecified atom stereocenters. The van der Waals surface area contributed by atoms with Gasteiger partial charge in [0.2, 0.25) is 0 Å². The average molecular weight is 485 g/mol. The first kappa shape index (κ1) is 22.2. The monoisotopic (exact) mass is 484 g/mol. The van der Waals surface area contributed by atoms with Gasteiger partial charge in [-0.3, -0.25) is 18.7 Å². The highest BCUT2D eigenvalue weighted by Crippen LogP contribution is 2.25. The molecule has 0 radical (unpaired) electrons. The van der Waals surface area contributed by atoms with Crippen LogP contribution in [0.5, 0.6) is 0 Å². The molecule has 172 valence electrons. The molecule has 6 rings (SSSR count). The highest BCUT2D eigenvalue weighted by Gasteiger charge is 2.29. The number of nitrogens with zero attached hydrogens (tertiary/aromatic N) is 5. The number of nitrogens with one attached hydrogen (secondary N) is 1. The Kier molecular flexibility index (Phi) is 6.05. The zero-order valence-electron chi connectivity index (χ0n) is 18.0. The van der Waals surface area contributed by atoms with Gasteiger partial charge in [-0.15, -0.1) is 17.5 Å². The molecule has 0 spiro atoms. The Balaban J connectivity index is 0.00000228. The van der Waals surface area contributed by atoms with E-state index in [4.69, 9.17) is 0 Å². The van der Waals surface area contributed by atoms with Crippen molar-refractivity contribution in [2.45, 2.75) is 38.0 Å². The van der Waals surface area contributed by atoms with E-state index >= 15 is 0 Å². The van der Waals surface area contributed by atoms with Crippen LogP contribution in [0.1, 0.15) is 24.4 Å². The van der Waals surface area contributed by atoms with Crippen LogP contribution in [0.4, 0.5) is 0 Å². The summed E-state index contributed by atoms with van der Waals surface area (Å²) >= 11 is 1.42. The number of benzene rings is 1. The predicted octanol–water partition coefficient (Wildman–Crippen LogP) is 2.40. The lowest BCUT2D eigenvalue weighted by Gasteiger charge is -2.34. The molecule has 1 saturated heterocycles. The Bertz CT molecular complexity index is 1420. The lowest BCUT2D eigenvalue weighted by atomic mass is 10.0. The predicted molar refractivity (Wildman–Crippen MR) is 132 cm³/mol. The number of likely N-dealkylation sites (tertiary alicyclic amines) is 1. The van der Waals surface area contributed by atoms with E-state index in [1.807, 2.05) is 16.7 Å². The Hall–Kier alpha value is -2.59. The van der Waals surface area contributed by atoms with E-state index in [9.17, 15) is 9.59 Å². The molecule has 0 amide bonds. The topological polar surface area (TPSA) is 85.0 Å². The van der Waals surface area contributed by atoms with Crippen LogP contribution in [0.15, 0.2) is 52.1 Å². The fourth-order valence-electron chi connectivity index (χ4n) is 5.11. The highest BCUT2D eigenvalue weighted by atomic mass is 35.5. The Labute approximate surface area is 200 Å². The first-order valence-electron chi connectivity index (χ1n) is 11.1. The van der Waals surface area contributed by atoms with Crippen LogP contribution in [-0.2, 0) is 13.1 Å². The summed E-state index contributed by atoms with van der Waals surface area (Å²) in [6, 6.07) is 13.7. The molecular weight excluding hydrogens is 460 g/mol. The van der Waals surface area contributed by atoms with Crippen molar-refractivity contribution >= 4 is 45.2 Å². The molecule has 2 aliphatic rings. The lowest BCUT2D eigenvalue weighted by Crippen LogP contribution is -2.44. The van der Waals surface area contributed by atoms with Crippen LogP contribution in [0.25, 0.3) is 21.3 Å². The lowest BCUT2D eigenvalue weighted by molar-refractivity contribution is 0.171. The molecule has 4 aromatic rings. The normalized spacial score (nSPS) is 18.7. The maximum absolute atomic E-state index is 12.6. The van der Waals surface area contributed by atoms with Gasteiger partial charge in [-0.05, 0) is 67.3 Å². The maximum atomic E-state index is 12.6. The molecule has 1 N–H and O–H groups in total. The van der Waals surface area contributed by atoms with Gasteiger partial charge in [0.15, 0.2) is 0 Å². The SMILES string of the molecule is Cl.O=c1ccc2ccc(=O)n3c2n1C[C@H]3CN1CCC(NCc2ccc3snnc3c2)CC1. The quantitative estimate of drug-likeness (QED) is 0.468. The number of aromatic nitrogens is 4. The van der Waals surface area contributed by atoms with Crippen LogP contribution < -0.4 is 16.4 Å². The molecule has 3 aromatic heterocycles. The van der Waals surface area contributed by atoms with Gasteiger partial charge in [0.25, 0.3) is 11.1 Å². The molecule has 1 atom stereocenters. The summed E-state index contributed by atoms with van der Waals surface area (Å²) in [5.74, 6) is 0. The fourth-order valence-corrected chi connectivity index (χ4v) is 5.65. The third-order valence-electron chi connectivity index (χ3n) is 6.78. The summed E-state index contributed by atoms with van der Waals surface area (Å²) in [5.41, 5.74) is 2.90. The van der Waals surface area contributed by atoms with Crippen LogP contribution in [0.3, 0.4) is 0 Å². The fraction of sp³-hybridized carbons (Fsp3) is 0.391. The van der Waals surface area contributed by atoms with Gasteiger partial charge in [0.1, 0.15) is 11.2 Å². The summed E-state index contributed by atoms with van der Waals surface area (Å²) in [5, 5.41) is 8.79. The molecule has 1 fully saturated rings. The highest BCUT2D eigenvalue weighted by molar-refractivity contribution is 7.12. The molecular formula is C23H25ClN6O2S. The van der Waals surface area contributed by atoms with Gasteiger partial charge >= 0.3 is 0 Å². The summed E-state index contributed by atoms with van der Waals surface area (Å²) in [6.07, 6.45) is 2.14. The second-order valence-corrected chi connectivity index (χ2v) is 9.57. The summed E-state index contributed by atoms with van der Waals surface area (Å²) < 4.78 is 8.70. The first-order valence-corrected chi connectivity index (χ1v) is 11.8. The standard InChI is InChI=1S/C23H24N6O2S.ClH/c30-21-5-2-16-3-6-22(31)29-18(14-28(21)23(16)29)13-27-9-7-17(8-10-27)24-12-15-1-4-20-19(11-15)25-26-32-20;/h1-6,11,17-18,24H,7-10,12-14H2;1H/t18-;/m1./s1. The minimum absolute atomic E-state index is 0. The van der Waals surface area contributed by atoms with Crippen molar-refractivity contribution in [2.24, 2.45) is 0 Å². The van der Waals surface area contributed by atoms with Gasteiger partial charge < -0.3 is 10.2 Å². The second-order valence-electron chi connectivity index (χ2n) is 8.79. The zero-order valence-corrected chi connectivity index (χ0v) is 19.6. The van der Waals surface area contributed by atoms with Crippen LogP contribution in [0, 0.1) is 0 Å². The number of halogens is 1. The van der Waals surface area contributed by atoms with E-state index in [1.54, 1.807) is 16.7 Å². The molecule has 2 aliphatic heterocycles. The van der Waals surface area contributed by atoms with Crippen LogP contribution in [0.2, 0.25) is 0 Å². The first-order chi connectivity index (χ1) is 15.7. The zero-order chi connectivity index (χ0) is 21.7. The maximum Gasteiger partial charge on any atom is 0.252 e. The third kappa shape index (κ3) is 4.10. The van der Waals surface area contributed by atoms with Crippen molar-refractivity contribution in [1.82, 2.24) is 28.9 Å². The molecule has 0 aliphatic carbocycles. The molecule has 5 heterocycles. The van der Waals surface area contributed by atoms with E-state index in [-0.39, 0.29) is 29.6 Å².